The van der Waals surface area contributed by atoms with E-state index >= 15 is 0 Å². The predicted octanol–water partition coefficient (Wildman–Crippen LogP) is 2.26. The molecule has 1 heterocycles. The first kappa shape index (κ1) is 10.6. The standard InChI is InChI=1S/C13H13NO2/c1-9-3-5-11-7-10(8-13(15)16-2)4-6-12(11)14-9/h3-7H,8H2,1-2H3. The molecule has 0 bridgehead atoms. The highest BCUT2D eigenvalue weighted by atomic mass is 16.5. The quantitative estimate of drug-likeness (QED) is 0.721. The molecule has 0 N–H and O–H groups in total. The number of aryl methyl sites for hydroxylation is 1. The molecule has 0 amide bonds. The van der Waals surface area contributed by atoms with Gasteiger partial charge in [-0.05, 0) is 30.7 Å². The number of ether oxygens (including phenoxy) is 1. The smallest absolute Gasteiger partial charge is 0.309 e. The van der Waals surface area contributed by atoms with Crippen molar-refractivity contribution in [3.8, 4) is 0 Å². The van der Waals surface area contributed by atoms with Gasteiger partial charge < -0.3 is 4.74 Å². The summed E-state index contributed by atoms with van der Waals surface area (Å²) in [6.45, 7) is 1.96. The summed E-state index contributed by atoms with van der Waals surface area (Å²) < 4.78 is 4.63. The van der Waals surface area contributed by atoms with E-state index < -0.39 is 0 Å². The average molecular weight is 215 g/mol. The number of fused-ring (bicyclic) bond motifs is 1. The molecule has 0 saturated carbocycles. The number of hydrogen-bond donors (Lipinski definition) is 0. The van der Waals surface area contributed by atoms with Crippen molar-refractivity contribution < 1.29 is 9.53 Å². The lowest BCUT2D eigenvalue weighted by molar-refractivity contribution is -0.139. The molecule has 1 aromatic carbocycles. The number of carbonyl (C=O) groups excluding carboxylic acids is 1. The topological polar surface area (TPSA) is 39.2 Å². The molecule has 0 spiro atoms. The minimum Gasteiger partial charge on any atom is -0.469 e. The Bertz CT molecular complexity index is 534. The highest BCUT2D eigenvalue weighted by Gasteiger charge is 2.04. The number of nitrogens with zero attached hydrogens (tertiary/aromatic N) is 1. The number of benzene rings is 1. The van der Waals surface area contributed by atoms with E-state index in [0.717, 1.165) is 22.2 Å². The van der Waals surface area contributed by atoms with Gasteiger partial charge in [0, 0.05) is 11.1 Å². The van der Waals surface area contributed by atoms with E-state index in [1.165, 1.54) is 7.11 Å². The van der Waals surface area contributed by atoms with Crippen molar-refractivity contribution in [1.82, 2.24) is 4.98 Å². The molecule has 0 atom stereocenters. The summed E-state index contributed by atoms with van der Waals surface area (Å²) in [6.07, 6.45) is 0.306. The van der Waals surface area contributed by atoms with Crippen molar-refractivity contribution in [2.45, 2.75) is 13.3 Å². The minimum absolute atomic E-state index is 0.223. The van der Waals surface area contributed by atoms with Crippen LogP contribution in [0.3, 0.4) is 0 Å². The van der Waals surface area contributed by atoms with E-state index in [2.05, 4.69) is 9.72 Å². The lowest BCUT2D eigenvalue weighted by Crippen LogP contribution is -2.04. The number of methoxy groups -OCH3 is 1. The zero-order chi connectivity index (χ0) is 11.5. The van der Waals surface area contributed by atoms with Crippen molar-refractivity contribution in [3.05, 3.63) is 41.6 Å². The van der Waals surface area contributed by atoms with Crippen LogP contribution in [0.2, 0.25) is 0 Å². The molecule has 0 aliphatic heterocycles. The van der Waals surface area contributed by atoms with Gasteiger partial charge in [0.25, 0.3) is 0 Å². The first-order valence-corrected chi connectivity index (χ1v) is 5.12. The van der Waals surface area contributed by atoms with E-state index in [1.807, 2.05) is 37.3 Å². The fraction of sp³-hybridized carbons (Fsp3) is 0.231. The largest absolute Gasteiger partial charge is 0.469 e. The Labute approximate surface area is 94.1 Å². The third-order valence-corrected chi connectivity index (χ3v) is 2.47. The van der Waals surface area contributed by atoms with Crippen LogP contribution in [0, 0.1) is 6.92 Å². The van der Waals surface area contributed by atoms with Gasteiger partial charge >= 0.3 is 5.97 Å². The number of carbonyl (C=O) groups is 1. The van der Waals surface area contributed by atoms with Crippen molar-refractivity contribution in [2.75, 3.05) is 7.11 Å². The first-order valence-electron chi connectivity index (χ1n) is 5.12. The molecule has 2 rings (SSSR count). The second kappa shape index (κ2) is 4.31. The van der Waals surface area contributed by atoms with Crippen molar-refractivity contribution in [3.63, 3.8) is 0 Å². The van der Waals surface area contributed by atoms with Crippen LogP contribution >= 0.6 is 0 Å². The van der Waals surface area contributed by atoms with E-state index in [1.54, 1.807) is 0 Å². The molecule has 3 nitrogen and oxygen atoms in total. The lowest BCUT2D eigenvalue weighted by Gasteiger charge is -2.03. The Balaban J connectivity index is 2.37. The Hall–Kier alpha value is -1.90. The SMILES string of the molecule is COC(=O)Cc1ccc2nc(C)ccc2c1. The summed E-state index contributed by atoms with van der Waals surface area (Å²) in [4.78, 5) is 15.5. The Morgan fingerprint density at radius 2 is 2.12 bits per heavy atom. The highest BCUT2D eigenvalue weighted by molar-refractivity contribution is 5.81. The minimum atomic E-state index is -0.223. The molecule has 2 aromatic rings. The summed E-state index contributed by atoms with van der Waals surface area (Å²) in [5, 5.41) is 1.05. The van der Waals surface area contributed by atoms with E-state index in [9.17, 15) is 4.79 Å². The number of esters is 1. The van der Waals surface area contributed by atoms with Gasteiger partial charge in [0.2, 0.25) is 0 Å². The van der Waals surface area contributed by atoms with Gasteiger partial charge in [-0.1, -0.05) is 12.1 Å². The van der Waals surface area contributed by atoms with Gasteiger partial charge in [-0.3, -0.25) is 9.78 Å². The first-order chi connectivity index (χ1) is 7.69. The maximum absolute atomic E-state index is 11.1. The van der Waals surface area contributed by atoms with Gasteiger partial charge in [-0.2, -0.15) is 0 Å². The van der Waals surface area contributed by atoms with Crippen LogP contribution in [0.5, 0.6) is 0 Å². The summed E-state index contributed by atoms with van der Waals surface area (Å²) in [7, 11) is 1.40. The number of pyridine rings is 1. The fourth-order valence-corrected chi connectivity index (χ4v) is 1.63. The third-order valence-electron chi connectivity index (χ3n) is 2.47. The fourth-order valence-electron chi connectivity index (χ4n) is 1.63. The zero-order valence-electron chi connectivity index (χ0n) is 9.36. The van der Waals surface area contributed by atoms with E-state index in [4.69, 9.17) is 0 Å². The summed E-state index contributed by atoms with van der Waals surface area (Å²) in [6, 6.07) is 9.79. The molecular formula is C13H13NO2. The van der Waals surface area contributed by atoms with Crippen LogP contribution < -0.4 is 0 Å². The molecular weight excluding hydrogens is 202 g/mol. The normalized spacial score (nSPS) is 10.4. The van der Waals surface area contributed by atoms with Crippen LogP contribution in [-0.2, 0) is 16.0 Å². The van der Waals surface area contributed by atoms with Crippen LogP contribution in [0.4, 0.5) is 0 Å². The van der Waals surface area contributed by atoms with Gasteiger partial charge in [0.1, 0.15) is 0 Å². The molecule has 1 aromatic heterocycles. The van der Waals surface area contributed by atoms with Crippen LogP contribution in [0.1, 0.15) is 11.3 Å². The van der Waals surface area contributed by atoms with Gasteiger partial charge in [0.05, 0.1) is 19.0 Å². The van der Waals surface area contributed by atoms with Crippen molar-refractivity contribution in [2.24, 2.45) is 0 Å². The van der Waals surface area contributed by atoms with Gasteiger partial charge in [-0.25, -0.2) is 0 Å². The zero-order valence-corrected chi connectivity index (χ0v) is 9.36. The maximum atomic E-state index is 11.1. The Morgan fingerprint density at radius 3 is 2.88 bits per heavy atom. The number of hydrogen-bond acceptors (Lipinski definition) is 3. The second-order valence-electron chi connectivity index (χ2n) is 3.73. The second-order valence-corrected chi connectivity index (χ2v) is 3.73. The van der Waals surface area contributed by atoms with E-state index in [-0.39, 0.29) is 5.97 Å². The highest BCUT2D eigenvalue weighted by Crippen LogP contribution is 2.15. The van der Waals surface area contributed by atoms with Crippen LogP contribution in [0.25, 0.3) is 10.9 Å². The number of rotatable bonds is 2. The maximum Gasteiger partial charge on any atom is 0.309 e. The molecule has 16 heavy (non-hydrogen) atoms. The van der Waals surface area contributed by atoms with E-state index in [0.29, 0.717) is 6.42 Å². The number of aromatic nitrogens is 1. The predicted molar refractivity (Wildman–Crippen MR) is 62.2 cm³/mol. The summed E-state index contributed by atoms with van der Waals surface area (Å²) in [5.41, 5.74) is 2.90. The van der Waals surface area contributed by atoms with Crippen LogP contribution in [0.15, 0.2) is 30.3 Å². The average Bonchev–Trinajstić information content (AvgIpc) is 2.29. The van der Waals surface area contributed by atoms with Crippen molar-refractivity contribution in [1.29, 1.82) is 0 Å². The van der Waals surface area contributed by atoms with Crippen molar-refractivity contribution >= 4 is 16.9 Å². The summed E-state index contributed by atoms with van der Waals surface area (Å²) in [5.74, 6) is -0.223. The van der Waals surface area contributed by atoms with Crippen LogP contribution in [-0.4, -0.2) is 18.1 Å². The molecule has 0 fully saturated rings. The molecule has 0 radical (unpaired) electrons. The third kappa shape index (κ3) is 2.19. The van der Waals surface area contributed by atoms with Gasteiger partial charge in [0.15, 0.2) is 0 Å². The molecule has 0 saturated heterocycles. The Kier molecular flexibility index (Phi) is 2.86. The van der Waals surface area contributed by atoms with Gasteiger partial charge in [-0.15, -0.1) is 0 Å². The monoisotopic (exact) mass is 215 g/mol. The summed E-state index contributed by atoms with van der Waals surface area (Å²) >= 11 is 0. The molecule has 0 aliphatic rings. The Morgan fingerprint density at radius 1 is 1.31 bits per heavy atom. The molecule has 82 valence electrons. The molecule has 0 aliphatic carbocycles. The molecule has 0 unspecified atom stereocenters. The molecule has 3 heteroatoms. The lowest BCUT2D eigenvalue weighted by atomic mass is 10.1.